The molecular formula is C29H31ClF3N3O. The predicted molar refractivity (Wildman–Crippen MR) is 143 cm³/mol. The summed E-state index contributed by atoms with van der Waals surface area (Å²) in [6.45, 7) is 0.156. The molecule has 2 fully saturated rings. The molecule has 8 heteroatoms. The molecule has 0 radical (unpaired) electrons. The molecule has 1 saturated carbocycles. The molecule has 0 spiro atoms. The van der Waals surface area contributed by atoms with Crippen LogP contribution in [0.4, 0.5) is 18.9 Å². The minimum atomic E-state index is -4.12. The van der Waals surface area contributed by atoms with E-state index < -0.39 is 12.7 Å². The lowest BCUT2D eigenvalue weighted by atomic mass is 10.0. The van der Waals surface area contributed by atoms with Crippen molar-refractivity contribution in [3.63, 3.8) is 0 Å². The molecule has 0 bridgehead atoms. The lowest BCUT2D eigenvalue weighted by molar-refractivity contribution is -0.148. The Kier molecular flexibility index (Phi) is 8.57. The predicted octanol–water partition coefficient (Wildman–Crippen LogP) is 6.50. The second kappa shape index (κ2) is 11.7. The van der Waals surface area contributed by atoms with Crippen molar-refractivity contribution in [3.05, 3.63) is 90.0 Å². The minimum absolute atomic E-state index is 0. The molecule has 1 aliphatic carbocycles. The van der Waals surface area contributed by atoms with Gasteiger partial charge in [-0.1, -0.05) is 54.6 Å². The van der Waals surface area contributed by atoms with Crippen molar-refractivity contribution >= 4 is 24.0 Å². The van der Waals surface area contributed by atoms with Crippen molar-refractivity contribution in [2.75, 3.05) is 25.0 Å². The topological polar surface area (TPSA) is 44.4 Å². The van der Waals surface area contributed by atoms with Gasteiger partial charge in [0.1, 0.15) is 0 Å². The maximum atomic E-state index is 12.7. The largest absolute Gasteiger partial charge is 0.401 e. The van der Waals surface area contributed by atoms with Crippen LogP contribution in [-0.4, -0.2) is 48.7 Å². The molecule has 1 aliphatic heterocycles. The average Bonchev–Trinajstić information content (AvgIpc) is 3.64. The third-order valence-corrected chi connectivity index (χ3v) is 7.08. The third kappa shape index (κ3) is 7.34. The van der Waals surface area contributed by atoms with Crippen LogP contribution in [0, 0.1) is 0 Å². The van der Waals surface area contributed by atoms with Gasteiger partial charge in [0.25, 0.3) is 5.91 Å². The van der Waals surface area contributed by atoms with Gasteiger partial charge in [0.2, 0.25) is 0 Å². The summed E-state index contributed by atoms with van der Waals surface area (Å²) in [4.78, 5) is 14.2. The molecule has 37 heavy (non-hydrogen) atoms. The average molecular weight is 530 g/mol. The number of piperidine rings is 1. The molecular weight excluding hydrogens is 499 g/mol. The van der Waals surface area contributed by atoms with Crippen LogP contribution in [0.15, 0.2) is 78.9 Å². The second-order valence-corrected chi connectivity index (χ2v) is 9.80. The minimum Gasteiger partial charge on any atom is -0.322 e. The highest BCUT2D eigenvalue weighted by Crippen LogP contribution is 2.42. The highest BCUT2D eigenvalue weighted by molar-refractivity contribution is 6.04. The smallest absolute Gasteiger partial charge is 0.322 e. The lowest BCUT2D eigenvalue weighted by Gasteiger charge is -2.33. The van der Waals surface area contributed by atoms with E-state index in [1.54, 1.807) is 0 Å². The number of amides is 1. The molecule has 1 heterocycles. The number of anilines is 1. The highest BCUT2D eigenvalue weighted by Gasteiger charge is 2.40. The van der Waals surface area contributed by atoms with Crippen LogP contribution >= 0.6 is 12.4 Å². The molecule has 0 aromatic heterocycles. The van der Waals surface area contributed by atoms with Gasteiger partial charge >= 0.3 is 6.18 Å². The SMILES string of the molecule is Cl.O=C(Nc1ccc(C2CC2NC2CCN(CC(F)(F)F)CC2)cc1)c1ccc(-c2ccccc2)cc1. The lowest BCUT2D eigenvalue weighted by Crippen LogP contribution is -2.46. The molecule has 196 valence electrons. The van der Waals surface area contributed by atoms with Gasteiger partial charge in [0.05, 0.1) is 6.54 Å². The number of carbonyl (C=O) groups excluding carboxylic acids is 1. The Morgan fingerprint density at radius 3 is 2.11 bits per heavy atom. The van der Waals surface area contributed by atoms with E-state index in [2.05, 4.69) is 10.6 Å². The summed E-state index contributed by atoms with van der Waals surface area (Å²) in [5, 5.41) is 6.59. The van der Waals surface area contributed by atoms with Gasteiger partial charge in [-0.05, 0) is 73.3 Å². The van der Waals surface area contributed by atoms with Crippen molar-refractivity contribution in [3.8, 4) is 11.1 Å². The monoisotopic (exact) mass is 529 g/mol. The van der Waals surface area contributed by atoms with Crippen molar-refractivity contribution < 1.29 is 18.0 Å². The zero-order valence-corrected chi connectivity index (χ0v) is 21.2. The summed E-state index contributed by atoms with van der Waals surface area (Å²) < 4.78 is 37.7. The van der Waals surface area contributed by atoms with Gasteiger partial charge in [-0.3, -0.25) is 9.69 Å². The first-order valence-electron chi connectivity index (χ1n) is 12.5. The molecule has 2 aliphatic rings. The molecule has 2 N–H and O–H groups in total. The van der Waals surface area contributed by atoms with E-state index in [0.29, 0.717) is 30.6 Å². The second-order valence-electron chi connectivity index (χ2n) is 9.80. The fraction of sp³-hybridized carbons (Fsp3) is 0.345. The number of nitrogens with zero attached hydrogens (tertiary/aromatic N) is 1. The van der Waals surface area contributed by atoms with Crippen LogP contribution in [0.3, 0.4) is 0 Å². The number of halogens is 4. The zero-order valence-electron chi connectivity index (χ0n) is 20.4. The molecule has 2 unspecified atom stereocenters. The fourth-order valence-corrected chi connectivity index (χ4v) is 5.02. The van der Waals surface area contributed by atoms with E-state index in [9.17, 15) is 18.0 Å². The van der Waals surface area contributed by atoms with Crippen LogP contribution in [0.5, 0.6) is 0 Å². The van der Waals surface area contributed by atoms with E-state index in [1.807, 2.05) is 78.9 Å². The van der Waals surface area contributed by atoms with Gasteiger partial charge in [0, 0.05) is 29.3 Å². The number of hydrogen-bond acceptors (Lipinski definition) is 3. The van der Waals surface area contributed by atoms with E-state index in [0.717, 1.165) is 36.1 Å². The molecule has 3 aromatic rings. The van der Waals surface area contributed by atoms with Crippen molar-refractivity contribution in [1.82, 2.24) is 10.2 Å². The molecule has 1 saturated heterocycles. The van der Waals surface area contributed by atoms with E-state index in [1.165, 1.54) is 10.5 Å². The van der Waals surface area contributed by atoms with Gasteiger partial charge in [-0.15, -0.1) is 12.4 Å². The maximum absolute atomic E-state index is 12.7. The maximum Gasteiger partial charge on any atom is 0.401 e. The third-order valence-electron chi connectivity index (χ3n) is 7.08. The Labute approximate surface area is 221 Å². The first-order chi connectivity index (χ1) is 17.3. The number of alkyl halides is 3. The summed E-state index contributed by atoms with van der Waals surface area (Å²) in [6.07, 6.45) is -1.60. The Morgan fingerprint density at radius 2 is 1.49 bits per heavy atom. The van der Waals surface area contributed by atoms with Crippen molar-refractivity contribution in [2.24, 2.45) is 0 Å². The normalized spacial score (nSPS) is 20.2. The molecule has 5 rings (SSSR count). The molecule has 2 atom stereocenters. The summed E-state index contributed by atoms with van der Waals surface area (Å²) in [7, 11) is 0. The Bertz CT molecular complexity index is 1160. The summed E-state index contributed by atoms with van der Waals surface area (Å²) in [6, 6.07) is 26.2. The van der Waals surface area contributed by atoms with Crippen LogP contribution in [0.2, 0.25) is 0 Å². The van der Waals surface area contributed by atoms with E-state index in [-0.39, 0.29) is 24.4 Å². The molecule has 3 aromatic carbocycles. The van der Waals surface area contributed by atoms with Gasteiger partial charge in [0.15, 0.2) is 0 Å². The fourth-order valence-electron chi connectivity index (χ4n) is 5.02. The summed E-state index contributed by atoms with van der Waals surface area (Å²) in [5.74, 6) is 0.263. The first-order valence-corrected chi connectivity index (χ1v) is 12.5. The van der Waals surface area contributed by atoms with Crippen LogP contribution in [0.1, 0.15) is 41.1 Å². The van der Waals surface area contributed by atoms with Gasteiger partial charge in [-0.25, -0.2) is 0 Å². The first kappa shape index (κ1) is 27.2. The zero-order chi connectivity index (χ0) is 25.1. The Morgan fingerprint density at radius 1 is 0.865 bits per heavy atom. The van der Waals surface area contributed by atoms with Crippen LogP contribution in [-0.2, 0) is 0 Å². The summed E-state index contributed by atoms with van der Waals surface area (Å²) >= 11 is 0. The number of rotatable bonds is 7. The number of benzene rings is 3. The Hall–Kier alpha value is -2.87. The van der Waals surface area contributed by atoms with E-state index in [4.69, 9.17) is 0 Å². The number of likely N-dealkylation sites (tertiary alicyclic amines) is 1. The quantitative estimate of drug-likeness (QED) is 0.367. The summed E-state index contributed by atoms with van der Waals surface area (Å²) in [5.41, 5.74) is 4.74. The van der Waals surface area contributed by atoms with Crippen LogP contribution in [0.25, 0.3) is 11.1 Å². The highest BCUT2D eigenvalue weighted by atomic mass is 35.5. The number of carbonyl (C=O) groups is 1. The van der Waals surface area contributed by atoms with Gasteiger partial charge < -0.3 is 10.6 Å². The molecule has 1 amide bonds. The van der Waals surface area contributed by atoms with E-state index >= 15 is 0 Å². The number of hydrogen-bond donors (Lipinski definition) is 2. The Balaban J connectivity index is 0.00000320. The van der Waals surface area contributed by atoms with Crippen molar-refractivity contribution in [2.45, 2.75) is 43.4 Å². The van der Waals surface area contributed by atoms with Crippen molar-refractivity contribution in [1.29, 1.82) is 0 Å². The molecule has 4 nitrogen and oxygen atoms in total. The van der Waals surface area contributed by atoms with Gasteiger partial charge in [-0.2, -0.15) is 13.2 Å². The standard InChI is InChI=1S/C29H30F3N3O.ClH/c30-29(31,32)19-35-16-14-25(15-17-35)33-27-18-26(27)22-10-12-24(13-11-22)34-28(36)23-8-6-21(7-9-23)20-4-2-1-3-5-20;/h1-13,25-27,33H,14-19H2,(H,34,36);1H. The van der Waals surface area contributed by atoms with Crippen LogP contribution < -0.4 is 10.6 Å². The number of nitrogens with one attached hydrogen (secondary N) is 2.